The summed E-state index contributed by atoms with van der Waals surface area (Å²) < 4.78 is 10.9. The molecule has 2 N–H and O–H groups in total. The molecule has 8 nitrogen and oxygen atoms in total. The molecule has 0 bridgehead atoms. The molecule has 2 aromatic carbocycles. The Kier molecular flexibility index (Phi) is 6.82. The lowest BCUT2D eigenvalue weighted by Crippen LogP contribution is -2.35. The molecule has 1 saturated heterocycles. The number of amides is 3. The lowest BCUT2D eigenvalue weighted by atomic mass is 10.1. The first kappa shape index (κ1) is 22.6. The highest BCUT2D eigenvalue weighted by molar-refractivity contribution is 6.06. The topological polar surface area (TPSA) is 97.0 Å². The summed E-state index contributed by atoms with van der Waals surface area (Å²) in [4.78, 5) is 39.9. The van der Waals surface area contributed by atoms with Gasteiger partial charge >= 0.3 is 0 Å². The fourth-order valence-electron chi connectivity index (χ4n) is 4.59. The average molecular weight is 452 g/mol. The van der Waals surface area contributed by atoms with Gasteiger partial charge < -0.3 is 25.0 Å². The van der Waals surface area contributed by atoms with Gasteiger partial charge in [0.2, 0.25) is 11.8 Å². The summed E-state index contributed by atoms with van der Waals surface area (Å²) >= 11 is 0. The van der Waals surface area contributed by atoms with Crippen LogP contribution in [0.4, 0.5) is 11.4 Å². The van der Waals surface area contributed by atoms with Crippen molar-refractivity contribution in [3.8, 4) is 11.5 Å². The van der Waals surface area contributed by atoms with E-state index in [0.717, 1.165) is 25.7 Å². The number of ether oxygens (including phenoxy) is 2. The molecular formula is C25H29N3O5. The van der Waals surface area contributed by atoms with Gasteiger partial charge in [-0.05, 0) is 25.0 Å². The van der Waals surface area contributed by atoms with Crippen LogP contribution >= 0.6 is 0 Å². The molecule has 8 heteroatoms. The maximum absolute atomic E-state index is 13.0. The number of hydrogen-bond donors (Lipinski definition) is 2. The third kappa shape index (κ3) is 4.94. The number of methoxy groups -OCH3 is 2. The number of hydrogen-bond acceptors (Lipinski definition) is 5. The molecule has 4 rings (SSSR count). The lowest BCUT2D eigenvalue weighted by Gasteiger charge is -2.24. The Morgan fingerprint density at radius 2 is 1.55 bits per heavy atom. The summed E-state index contributed by atoms with van der Waals surface area (Å²) in [5.41, 5.74) is 1.35. The highest BCUT2D eigenvalue weighted by Crippen LogP contribution is 2.37. The molecule has 2 fully saturated rings. The van der Waals surface area contributed by atoms with Gasteiger partial charge in [-0.2, -0.15) is 0 Å². The van der Waals surface area contributed by atoms with E-state index in [4.69, 9.17) is 9.47 Å². The quantitative estimate of drug-likeness (QED) is 0.669. The predicted molar refractivity (Wildman–Crippen MR) is 125 cm³/mol. The van der Waals surface area contributed by atoms with Crippen LogP contribution in [0.1, 0.15) is 42.5 Å². The number of anilines is 2. The minimum atomic E-state index is -0.411. The van der Waals surface area contributed by atoms with Gasteiger partial charge in [0, 0.05) is 36.7 Å². The molecule has 1 unspecified atom stereocenters. The van der Waals surface area contributed by atoms with Crippen LogP contribution in [0.15, 0.2) is 42.5 Å². The van der Waals surface area contributed by atoms with Crippen molar-refractivity contribution in [2.75, 3.05) is 31.4 Å². The summed E-state index contributed by atoms with van der Waals surface area (Å²) in [5, 5.41) is 5.71. The van der Waals surface area contributed by atoms with Crippen molar-refractivity contribution in [3.05, 3.63) is 48.0 Å². The van der Waals surface area contributed by atoms with E-state index in [1.807, 2.05) is 11.0 Å². The van der Waals surface area contributed by atoms with Crippen molar-refractivity contribution >= 4 is 29.1 Å². The van der Waals surface area contributed by atoms with Gasteiger partial charge in [0.25, 0.3) is 5.91 Å². The zero-order valence-corrected chi connectivity index (χ0v) is 18.9. The molecule has 33 heavy (non-hydrogen) atoms. The molecule has 3 amide bonds. The largest absolute Gasteiger partial charge is 0.494 e. The minimum Gasteiger partial charge on any atom is -0.494 e. The number of likely N-dealkylation sites (tertiary alicyclic amines) is 1. The van der Waals surface area contributed by atoms with E-state index in [1.54, 1.807) is 36.4 Å². The maximum Gasteiger partial charge on any atom is 0.255 e. The summed E-state index contributed by atoms with van der Waals surface area (Å²) in [6.45, 7) is 0.444. The summed E-state index contributed by atoms with van der Waals surface area (Å²) in [6.07, 6.45) is 4.51. The van der Waals surface area contributed by atoms with E-state index in [2.05, 4.69) is 10.6 Å². The third-order valence-electron chi connectivity index (χ3n) is 6.36. The maximum atomic E-state index is 13.0. The van der Waals surface area contributed by atoms with E-state index in [1.165, 1.54) is 14.2 Å². The number of nitrogens with one attached hydrogen (secondary N) is 2. The number of carbonyl (C=O) groups is 3. The van der Waals surface area contributed by atoms with E-state index in [0.29, 0.717) is 35.0 Å². The molecule has 174 valence electrons. The number of rotatable bonds is 7. The van der Waals surface area contributed by atoms with E-state index in [9.17, 15) is 14.4 Å². The fraction of sp³-hybridized carbons (Fsp3) is 0.400. The monoisotopic (exact) mass is 451 g/mol. The van der Waals surface area contributed by atoms with Gasteiger partial charge in [-0.25, -0.2) is 0 Å². The molecule has 0 spiro atoms. The summed E-state index contributed by atoms with van der Waals surface area (Å²) in [5.74, 6) is -0.124. The predicted octanol–water partition coefficient (Wildman–Crippen LogP) is 3.69. The molecule has 1 saturated carbocycles. The molecule has 0 aromatic heterocycles. The van der Waals surface area contributed by atoms with Gasteiger partial charge in [0.1, 0.15) is 11.5 Å². The van der Waals surface area contributed by atoms with Crippen LogP contribution < -0.4 is 20.1 Å². The second-order valence-corrected chi connectivity index (χ2v) is 8.45. The van der Waals surface area contributed by atoms with Crippen LogP contribution in [-0.2, 0) is 9.59 Å². The Morgan fingerprint density at radius 3 is 2.15 bits per heavy atom. The lowest BCUT2D eigenvalue weighted by molar-refractivity contribution is -0.129. The Labute approximate surface area is 193 Å². The molecule has 1 aliphatic carbocycles. The third-order valence-corrected chi connectivity index (χ3v) is 6.36. The minimum absolute atomic E-state index is 0.0468. The van der Waals surface area contributed by atoms with Gasteiger partial charge in [-0.3, -0.25) is 14.4 Å². The highest BCUT2D eigenvalue weighted by Gasteiger charge is 2.38. The van der Waals surface area contributed by atoms with Crippen molar-refractivity contribution in [3.63, 3.8) is 0 Å². The summed E-state index contributed by atoms with van der Waals surface area (Å²) in [7, 11) is 2.97. The molecule has 0 radical (unpaired) electrons. The molecule has 1 aliphatic heterocycles. The Morgan fingerprint density at radius 1 is 0.939 bits per heavy atom. The van der Waals surface area contributed by atoms with Gasteiger partial charge in [0.05, 0.1) is 31.5 Å². The van der Waals surface area contributed by atoms with Crippen molar-refractivity contribution in [2.45, 2.75) is 38.1 Å². The van der Waals surface area contributed by atoms with Crippen LogP contribution in [0.2, 0.25) is 0 Å². The standard InChI is InChI=1S/C25H29N3O5/c1-32-21-14-20(22(33-2)13-19(21)26-24(30)16-8-4-3-5-9-16)27-25(31)17-12-23(29)28(15-17)18-10-6-7-11-18/h3-5,8-9,13-14,17-18H,6-7,10-12,15H2,1-2H3,(H,26,30)(H,27,31). The van der Waals surface area contributed by atoms with Crippen LogP contribution in [0.25, 0.3) is 0 Å². The second-order valence-electron chi connectivity index (χ2n) is 8.45. The smallest absolute Gasteiger partial charge is 0.255 e. The molecule has 2 aliphatic rings. The van der Waals surface area contributed by atoms with Crippen molar-refractivity contribution in [1.29, 1.82) is 0 Å². The first-order valence-corrected chi connectivity index (χ1v) is 11.2. The van der Waals surface area contributed by atoms with Crippen molar-refractivity contribution in [1.82, 2.24) is 4.90 Å². The number of nitrogens with zero attached hydrogens (tertiary/aromatic N) is 1. The SMILES string of the molecule is COc1cc(NC(=O)C2CC(=O)N(C3CCCC3)C2)c(OC)cc1NC(=O)c1ccccc1. The molecule has 2 aromatic rings. The van der Waals surface area contributed by atoms with Gasteiger partial charge in [-0.15, -0.1) is 0 Å². The Bertz CT molecular complexity index is 1030. The molecular weight excluding hydrogens is 422 g/mol. The molecule has 1 atom stereocenters. The van der Waals surface area contributed by atoms with Gasteiger partial charge in [0.15, 0.2) is 0 Å². The Hall–Kier alpha value is -3.55. The van der Waals surface area contributed by atoms with Crippen LogP contribution in [-0.4, -0.2) is 49.4 Å². The summed E-state index contributed by atoms with van der Waals surface area (Å²) in [6, 6.07) is 12.3. The first-order chi connectivity index (χ1) is 16.0. The van der Waals surface area contributed by atoms with Crippen LogP contribution in [0.3, 0.4) is 0 Å². The first-order valence-electron chi connectivity index (χ1n) is 11.2. The average Bonchev–Trinajstić information content (AvgIpc) is 3.49. The Balaban J connectivity index is 1.49. The van der Waals surface area contributed by atoms with E-state index >= 15 is 0 Å². The van der Waals surface area contributed by atoms with E-state index < -0.39 is 5.92 Å². The zero-order chi connectivity index (χ0) is 23.4. The van der Waals surface area contributed by atoms with Crippen LogP contribution in [0.5, 0.6) is 11.5 Å². The van der Waals surface area contributed by atoms with Gasteiger partial charge in [-0.1, -0.05) is 31.0 Å². The van der Waals surface area contributed by atoms with Crippen molar-refractivity contribution in [2.24, 2.45) is 5.92 Å². The number of benzene rings is 2. The van der Waals surface area contributed by atoms with Crippen LogP contribution in [0, 0.1) is 5.92 Å². The zero-order valence-electron chi connectivity index (χ0n) is 18.9. The highest BCUT2D eigenvalue weighted by atomic mass is 16.5. The normalized spacial score (nSPS) is 18.3. The number of carbonyl (C=O) groups excluding carboxylic acids is 3. The molecule has 1 heterocycles. The fourth-order valence-corrected chi connectivity index (χ4v) is 4.59. The second kappa shape index (κ2) is 9.94. The van der Waals surface area contributed by atoms with Crippen molar-refractivity contribution < 1.29 is 23.9 Å². The van der Waals surface area contributed by atoms with E-state index in [-0.39, 0.29) is 30.2 Å².